The van der Waals surface area contributed by atoms with E-state index in [0.717, 1.165) is 12.8 Å². The third-order valence-corrected chi connectivity index (χ3v) is 9.28. The van der Waals surface area contributed by atoms with E-state index in [2.05, 4.69) is 64.1 Å². The van der Waals surface area contributed by atoms with Gasteiger partial charge in [0.15, 0.2) is 0 Å². The molecule has 0 N–H and O–H groups in total. The van der Waals surface area contributed by atoms with Crippen LogP contribution >= 0.6 is 0 Å². The summed E-state index contributed by atoms with van der Waals surface area (Å²) in [4.78, 5) is 13.1. The Balaban J connectivity index is 0. The van der Waals surface area contributed by atoms with Crippen LogP contribution in [0, 0.1) is 0 Å². The van der Waals surface area contributed by atoms with Crippen LogP contribution < -0.4 is 0 Å². The molecule has 0 aromatic rings. The number of hydrogen-bond donors (Lipinski definition) is 0. The number of ether oxygens (including phenoxy) is 1. The van der Waals surface area contributed by atoms with E-state index in [-0.39, 0.29) is 6.10 Å². The molecule has 0 spiro atoms. The van der Waals surface area contributed by atoms with Gasteiger partial charge in [0, 0.05) is 0 Å². The Hall–Kier alpha value is -1.09. The highest BCUT2D eigenvalue weighted by Crippen LogP contribution is 2.17. The van der Waals surface area contributed by atoms with E-state index in [1.165, 1.54) is 199 Å². The predicted octanol–water partition coefficient (Wildman–Crippen LogP) is 14.7. The Morgan fingerprint density at radius 2 is 0.723 bits per heavy atom. The Kier molecular flexibility index (Phi) is 45.9. The van der Waals surface area contributed by atoms with E-state index in [4.69, 9.17) is 4.74 Å². The van der Waals surface area contributed by atoms with Crippen LogP contribution in [0.5, 0.6) is 0 Å². The second-order valence-corrected chi connectivity index (χ2v) is 14.5. The van der Waals surface area contributed by atoms with Crippen molar-refractivity contribution in [3.8, 4) is 0 Å². The van der Waals surface area contributed by atoms with Crippen molar-refractivity contribution >= 4 is 6.47 Å². The third-order valence-electron chi connectivity index (χ3n) is 9.28. The van der Waals surface area contributed by atoms with Gasteiger partial charge in [0.2, 0.25) is 0 Å². The molecule has 0 heterocycles. The van der Waals surface area contributed by atoms with Crippen LogP contribution in [-0.2, 0) is 9.53 Å². The second-order valence-electron chi connectivity index (χ2n) is 14.5. The zero-order valence-corrected chi connectivity index (χ0v) is 33.1. The number of rotatable bonds is 37. The van der Waals surface area contributed by atoms with Crippen molar-refractivity contribution < 1.29 is 9.53 Å². The molecule has 3 nitrogen and oxygen atoms in total. The topological polar surface area (TPSA) is 29.5 Å². The highest BCUT2D eigenvalue weighted by Gasteiger charge is 2.08. The first-order chi connectivity index (χ1) is 23.1. The van der Waals surface area contributed by atoms with Crippen molar-refractivity contribution in [3.05, 3.63) is 24.3 Å². The molecular formula is C44H87NO2. The minimum absolute atomic E-state index is 0.145. The molecule has 0 bridgehead atoms. The average Bonchev–Trinajstić information content (AvgIpc) is 3.07. The number of allylic oxidation sites excluding steroid dienone is 4. The fourth-order valence-corrected chi connectivity index (χ4v) is 6.07. The number of nitrogens with zero attached hydrogens (tertiary/aromatic N) is 1. The van der Waals surface area contributed by atoms with Crippen LogP contribution in [0.15, 0.2) is 24.3 Å². The summed E-state index contributed by atoms with van der Waals surface area (Å²) in [6.45, 7) is 8.68. The summed E-state index contributed by atoms with van der Waals surface area (Å²) in [5, 5.41) is 0. The van der Waals surface area contributed by atoms with Crippen molar-refractivity contribution in [1.29, 1.82) is 0 Å². The molecular weight excluding hydrogens is 574 g/mol. The lowest BCUT2D eigenvalue weighted by atomic mass is 10.0. The van der Waals surface area contributed by atoms with Crippen molar-refractivity contribution in [3.63, 3.8) is 0 Å². The summed E-state index contributed by atoms with van der Waals surface area (Å²) in [6, 6.07) is 0. The van der Waals surface area contributed by atoms with Crippen molar-refractivity contribution in [2.75, 3.05) is 20.6 Å². The summed E-state index contributed by atoms with van der Waals surface area (Å²) < 4.78 is 5.39. The SMILES string of the molecule is CCCCCCCC/C=C\CCCCCCCCC(CCCCCCCC/C=C\CCCCCCCC)OC=O.CCCCN(C)C. The molecule has 0 saturated heterocycles. The first-order valence-electron chi connectivity index (χ1n) is 21.2. The average molecular weight is 662 g/mol. The number of carbonyl (C=O) groups excluding carboxylic acids is 1. The first kappa shape index (κ1) is 48.0. The molecule has 0 radical (unpaired) electrons. The predicted molar refractivity (Wildman–Crippen MR) is 213 cm³/mol. The molecule has 0 unspecified atom stereocenters. The summed E-state index contributed by atoms with van der Waals surface area (Å²) in [5.74, 6) is 0. The van der Waals surface area contributed by atoms with E-state index in [9.17, 15) is 4.79 Å². The van der Waals surface area contributed by atoms with Crippen LogP contribution in [0.2, 0.25) is 0 Å². The van der Waals surface area contributed by atoms with Crippen molar-refractivity contribution in [2.24, 2.45) is 0 Å². The first-order valence-corrected chi connectivity index (χ1v) is 21.2. The summed E-state index contributed by atoms with van der Waals surface area (Å²) in [6.07, 6.45) is 51.9. The molecule has 3 heteroatoms. The summed E-state index contributed by atoms with van der Waals surface area (Å²) >= 11 is 0. The number of hydrogen-bond acceptors (Lipinski definition) is 3. The zero-order chi connectivity index (χ0) is 34.7. The van der Waals surface area contributed by atoms with Gasteiger partial charge in [0.25, 0.3) is 6.47 Å². The fraction of sp³-hybridized carbons (Fsp3) is 0.886. The van der Waals surface area contributed by atoms with Gasteiger partial charge in [-0.3, -0.25) is 4.79 Å². The number of carbonyl (C=O) groups is 1. The molecule has 280 valence electrons. The van der Waals surface area contributed by atoms with Crippen LogP contribution in [0.3, 0.4) is 0 Å². The Labute approximate surface area is 297 Å². The normalized spacial score (nSPS) is 11.6. The van der Waals surface area contributed by atoms with Gasteiger partial charge in [-0.1, -0.05) is 167 Å². The maximum absolute atomic E-state index is 10.9. The highest BCUT2D eigenvalue weighted by atomic mass is 16.5. The quantitative estimate of drug-likeness (QED) is 0.0377. The maximum atomic E-state index is 10.9. The Morgan fingerprint density at radius 1 is 0.426 bits per heavy atom. The zero-order valence-electron chi connectivity index (χ0n) is 33.1. The van der Waals surface area contributed by atoms with Crippen LogP contribution in [-0.4, -0.2) is 38.1 Å². The molecule has 0 amide bonds. The van der Waals surface area contributed by atoms with Gasteiger partial charge in [-0.15, -0.1) is 0 Å². The Morgan fingerprint density at radius 3 is 1.00 bits per heavy atom. The molecule has 0 fully saturated rings. The molecule has 0 aromatic carbocycles. The lowest BCUT2D eigenvalue weighted by molar-refractivity contribution is -0.134. The van der Waals surface area contributed by atoms with E-state index in [1.54, 1.807) is 0 Å². The van der Waals surface area contributed by atoms with E-state index < -0.39 is 0 Å². The molecule has 0 atom stereocenters. The monoisotopic (exact) mass is 662 g/mol. The fourth-order valence-electron chi connectivity index (χ4n) is 6.07. The van der Waals surface area contributed by atoms with Gasteiger partial charge in [-0.2, -0.15) is 0 Å². The minimum atomic E-state index is 0.145. The second kappa shape index (κ2) is 44.9. The van der Waals surface area contributed by atoms with Crippen LogP contribution in [0.1, 0.15) is 226 Å². The molecule has 0 aliphatic heterocycles. The van der Waals surface area contributed by atoms with E-state index in [0.29, 0.717) is 6.47 Å². The largest absolute Gasteiger partial charge is 0.465 e. The molecule has 0 aliphatic rings. The standard InChI is InChI=1S/C38H72O2.C6H15N/c1-3-5-7-9-11-13-15-17-19-21-23-25-27-29-31-33-35-38(40-37-39)36-34-32-30-28-26-24-22-20-18-16-14-12-10-8-6-4-2;1-4-5-6-7(2)3/h17-20,37-38H,3-16,21-36H2,1-2H3;4-6H2,1-3H3/b19-17-,20-18-;. The Bertz CT molecular complexity index is 572. The van der Waals surface area contributed by atoms with Crippen molar-refractivity contribution in [2.45, 2.75) is 232 Å². The molecule has 47 heavy (non-hydrogen) atoms. The van der Waals surface area contributed by atoms with Crippen LogP contribution in [0.4, 0.5) is 0 Å². The lowest BCUT2D eigenvalue weighted by Crippen LogP contribution is -2.12. The smallest absolute Gasteiger partial charge is 0.293 e. The van der Waals surface area contributed by atoms with Gasteiger partial charge in [0.1, 0.15) is 6.10 Å². The van der Waals surface area contributed by atoms with Gasteiger partial charge < -0.3 is 9.64 Å². The highest BCUT2D eigenvalue weighted by molar-refractivity contribution is 5.37. The molecule has 0 aromatic heterocycles. The molecule has 0 aliphatic carbocycles. The summed E-state index contributed by atoms with van der Waals surface area (Å²) in [5.41, 5.74) is 0. The lowest BCUT2D eigenvalue weighted by Gasteiger charge is -2.15. The van der Waals surface area contributed by atoms with E-state index >= 15 is 0 Å². The third kappa shape index (κ3) is 47.1. The van der Waals surface area contributed by atoms with Gasteiger partial charge in [-0.25, -0.2) is 0 Å². The molecule has 0 rings (SSSR count). The van der Waals surface area contributed by atoms with Crippen molar-refractivity contribution in [1.82, 2.24) is 4.90 Å². The number of unbranched alkanes of at least 4 members (excludes halogenated alkanes) is 25. The van der Waals surface area contributed by atoms with Gasteiger partial charge in [0.05, 0.1) is 0 Å². The van der Waals surface area contributed by atoms with Gasteiger partial charge in [-0.05, 0) is 104 Å². The minimum Gasteiger partial charge on any atom is -0.465 e. The van der Waals surface area contributed by atoms with Crippen LogP contribution in [0.25, 0.3) is 0 Å². The van der Waals surface area contributed by atoms with E-state index in [1.807, 2.05) is 0 Å². The molecule has 0 saturated carbocycles. The summed E-state index contributed by atoms with van der Waals surface area (Å²) in [7, 11) is 4.21. The maximum Gasteiger partial charge on any atom is 0.293 e. The van der Waals surface area contributed by atoms with Gasteiger partial charge >= 0.3 is 0 Å².